The minimum absolute atomic E-state index is 0.0361. The molecule has 0 aliphatic heterocycles. The molecule has 0 fully saturated rings. The molecule has 1 aromatic carbocycles. The molecule has 1 unspecified atom stereocenters. The van der Waals surface area contributed by atoms with Gasteiger partial charge in [-0.15, -0.1) is 0 Å². The normalized spacial score (nSPS) is 13.1. The molecular formula is C15H23N3. The number of rotatable bonds is 5. The standard InChI is InChI=1S/C15H23N3/c1-4-9-18-14-8-7-11(5-2)10-13(14)17-15(18)12(16)6-3/h7-8,10,12H,4-6,9,16H2,1-3H3. The van der Waals surface area contributed by atoms with Crippen LogP contribution in [0.4, 0.5) is 0 Å². The molecule has 0 saturated heterocycles. The smallest absolute Gasteiger partial charge is 0.126 e. The van der Waals surface area contributed by atoms with Gasteiger partial charge in [-0.2, -0.15) is 0 Å². The van der Waals surface area contributed by atoms with E-state index in [4.69, 9.17) is 10.7 Å². The Morgan fingerprint density at radius 1 is 1.28 bits per heavy atom. The summed E-state index contributed by atoms with van der Waals surface area (Å²) in [4.78, 5) is 4.75. The van der Waals surface area contributed by atoms with E-state index >= 15 is 0 Å². The third-order valence-electron chi connectivity index (χ3n) is 3.47. The van der Waals surface area contributed by atoms with Crippen LogP contribution in [0.15, 0.2) is 18.2 Å². The molecule has 3 nitrogen and oxygen atoms in total. The zero-order valence-electron chi connectivity index (χ0n) is 11.6. The first-order chi connectivity index (χ1) is 8.71. The summed E-state index contributed by atoms with van der Waals surface area (Å²) >= 11 is 0. The maximum absolute atomic E-state index is 6.18. The van der Waals surface area contributed by atoms with Gasteiger partial charge in [-0.1, -0.05) is 26.8 Å². The van der Waals surface area contributed by atoms with Crippen LogP contribution in [-0.2, 0) is 13.0 Å². The van der Waals surface area contributed by atoms with Crippen LogP contribution in [0.25, 0.3) is 11.0 Å². The van der Waals surface area contributed by atoms with E-state index in [1.807, 2.05) is 0 Å². The van der Waals surface area contributed by atoms with Crippen molar-refractivity contribution in [3.8, 4) is 0 Å². The van der Waals surface area contributed by atoms with Gasteiger partial charge in [0, 0.05) is 6.54 Å². The van der Waals surface area contributed by atoms with E-state index in [0.29, 0.717) is 0 Å². The van der Waals surface area contributed by atoms with Crippen molar-refractivity contribution in [1.82, 2.24) is 9.55 Å². The van der Waals surface area contributed by atoms with Crippen LogP contribution in [-0.4, -0.2) is 9.55 Å². The number of aryl methyl sites for hydroxylation is 2. The summed E-state index contributed by atoms with van der Waals surface area (Å²) in [5.41, 5.74) is 9.81. The lowest BCUT2D eigenvalue weighted by atomic mass is 10.1. The fraction of sp³-hybridized carbons (Fsp3) is 0.533. The number of nitrogens with two attached hydrogens (primary N) is 1. The topological polar surface area (TPSA) is 43.8 Å². The first-order valence-corrected chi connectivity index (χ1v) is 6.95. The van der Waals surface area contributed by atoms with Gasteiger partial charge < -0.3 is 10.3 Å². The lowest BCUT2D eigenvalue weighted by Gasteiger charge is -2.12. The Morgan fingerprint density at radius 2 is 2.06 bits per heavy atom. The highest BCUT2D eigenvalue weighted by Crippen LogP contribution is 2.23. The Morgan fingerprint density at radius 3 is 2.67 bits per heavy atom. The molecule has 0 bridgehead atoms. The molecule has 0 aliphatic rings. The van der Waals surface area contributed by atoms with E-state index < -0.39 is 0 Å². The zero-order valence-corrected chi connectivity index (χ0v) is 11.6. The van der Waals surface area contributed by atoms with Crippen molar-refractivity contribution in [2.45, 2.75) is 52.6 Å². The predicted molar refractivity (Wildman–Crippen MR) is 76.6 cm³/mol. The molecule has 3 heteroatoms. The first-order valence-electron chi connectivity index (χ1n) is 6.95. The highest BCUT2D eigenvalue weighted by atomic mass is 15.1. The van der Waals surface area contributed by atoms with Crippen molar-refractivity contribution >= 4 is 11.0 Å². The number of hydrogen-bond donors (Lipinski definition) is 1. The van der Waals surface area contributed by atoms with Crippen LogP contribution in [0, 0.1) is 0 Å². The molecule has 0 radical (unpaired) electrons. The van der Waals surface area contributed by atoms with Crippen molar-refractivity contribution < 1.29 is 0 Å². The van der Waals surface area contributed by atoms with Crippen molar-refractivity contribution in [2.24, 2.45) is 5.73 Å². The third kappa shape index (κ3) is 2.27. The second-order valence-electron chi connectivity index (χ2n) is 4.81. The van der Waals surface area contributed by atoms with Crippen LogP contribution in [0.2, 0.25) is 0 Å². The van der Waals surface area contributed by atoms with Gasteiger partial charge >= 0.3 is 0 Å². The van der Waals surface area contributed by atoms with Crippen LogP contribution in [0.3, 0.4) is 0 Å². The first kappa shape index (κ1) is 13.1. The highest BCUT2D eigenvalue weighted by molar-refractivity contribution is 5.77. The van der Waals surface area contributed by atoms with Crippen LogP contribution in [0.5, 0.6) is 0 Å². The average molecular weight is 245 g/mol. The second kappa shape index (κ2) is 5.53. The van der Waals surface area contributed by atoms with Crippen molar-refractivity contribution in [2.75, 3.05) is 0 Å². The van der Waals surface area contributed by atoms with E-state index in [2.05, 4.69) is 43.5 Å². The molecule has 0 spiro atoms. The van der Waals surface area contributed by atoms with Crippen molar-refractivity contribution in [3.63, 3.8) is 0 Å². The number of nitrogens with zero attached hydrogens (tertiary/aromatic N) is 2. The number of aromatic nitrogens is 2. The van der Waals surface area contributed by atoms with Gasteiger partial charge in [0.2, 0.25) is 0 Å². The van der Waals surface area contributed by atoms with Gasteiger partial charge in [-0.05, 0) is 37.0 Å². The summed E-state index contributed by atoms with van der Waals surface area (Å²) < 4.78 is 2.28. The lowest BCUT2D eigenvalue weighted by molar-refractivity contribution is 0.576. The average Bonchev–Trinajstić information content (AvgIpc) is 2.76. The molecule has 18 heavy (non-hydrogen) atoms. The molecule has 1 heterocycles. The number of benzene rings is 1. The van der Waals surface area contributed by atoms with E-state index in [9.17, 15) is 0 Å². The molecule has 2 rings (SSSR count). The molecule has 98 valence electrons. The minimum atomic E-state index is 0.0361. The minimum Gasteiger partial charge on any atom is -0.327 e. The van der Waals surface area contributed by atoms with Gasteiger partial charge in [0.15, 0.2) is 0 Å². The Hall–Kier alpha value is -1.35. The number of hydrogen-bond acceptors (Lipinski definition) is 2. The third-order valence-corrected chi connectivity index (χ3v) is 3.47. The summed E-state index contributed by atoms with van der Waals surface area (Å²) in [6.45, 7) is 7.46. The number of fused-ring (bicyclic) bond motifs is 1. The summed E-state index contributed by atoms with van der Waals surface area (Å²) in [6, 6.07) is 6.60. The predicted octanol–water partition coefficient (Wildman–Crippen LogP) is 3.42. The van der Waals surface area contributed by atoms with Crippen LogP contribution < -0.4 is 5.73 Å². The highest BCUT2D eigenvalue weighted by Gasteiger charge is 2.15. The Labute approximate surface area is 109 Å². The molecule has 0 amide bonds. The Balaban J connectivity index is 2.58. The summed E-state index contributed by atoms with van der Waals surface area (Å²) in [6.07, 6.45) is 3.07. The van der Waals surface area contributed by atoms with E-state index in [0.717, 1.165) is 37.1 Å². The zero-order chi connectivity index (χ0) is 13.1. The quantitative estimate of drug-likeness (QED) is 0.877. The SMILES string of the molecule is CCCn1c(C(N)CC)nc2cc(CC)ccc21. The van der Waals surface area contributed by atoms with Gasteiger partial charge in [0.1, 0.15) is 5.82 Å². The maximum Gasteiger partial charge on any atom is 0.126 e. The Bertz CT molecular complexity index is 528. The second-order valence-corrected chi connectivity index (χ2v) is 4.81. The summed E-state index contributed by atoms with van der Waals surface area (Å²) in [5.74, 6) is 1.03. The summed E-state index contributed by atoms with van der Waals surface area (Å²) in [5, 5.41) is 0. The molecule has 2 N–H and O–H groups in total. The van der Waals surface area contributed by atoms with Gasteiger partial charge in [0.05, 0.1) is 17.1 Å². The van der Waals surface area contributed by atoms with Crippen molar-refractivity contribution in [1.29, 1.82) is 0 Å². The number of imidazole rings is 1. The maximum atomic E-state index is 6.18. The monoisotopic (exact) mass is 245 g/mol. The van der Waals surface area contributed by atoms with Gasteiger partial charge in [-0.25, -0.2) is 4.98 Å². The molecule has 2 aromatic rings. The van der Waals surface area contributed by atoms with E-state index in [1.165, 1.54) is 11.1 Å². The van der Waals surface area contributed by atoms with Crippen molar-refractivity contribution in [3.05, 3.63) is 29.6 Å². The molecular weight excluding hydrogens is 222 g/mol. The fourth-order valence-electron chi connectivity index (χ4n) is 2.34. The Kier molecular flexibility index (Phi) is 4.02. The van der Waals surface area contributed by atoms with Crippen LogP contribution >= 0.6 is 0 Å². The fourth-order valence-corrected chi connectivity index (χ4v) is 2.34. The van der Waals surface area contributed by atoms with Gasteiger partial charge in [0.25, 0.3) is 0 Å². The molecule has 0 aliphatic carbocycles. The summed E-state index contributed by atoms with van der Waals surface area (Å²) in [7, 11) is 0. The largest absolute Gasteiger partial charge is 0.327 e. The molecule has 1 atom stereocenters. The molecule has 0 saturated carbocycles. The van der Waals surface area contributed by atoms with Gasteiger partial charge in [-0.3, -0.25) is 0 Å². The van der Waals surface area contributed by atoms with E-state index in [1.54, 1.807) is 0 Å². The molecule has 1 aromatic heterocycles. The van der Waals surface area contributed by atoms with E-state index in [-0.39, 0.29) is 6.04 Å². The lowest BCUT2D eigenvalue weighted by Crippen LogP contribution is -2.15. The van der Waals surface area contributed by atoms with Crippen LogP contribution in [0.1, 0.15) is 51.0 Å².